The summed E-state index contributed by atoms with van der Waals surface area (Å²) >= 11 is 0. The molecule has 0 amide bonds. The lowest BCUT2D eigenvalue weighted by Gasteiger charge is -2.40. The Morgan fingerprint density at radius 2 is 1.59 bits per heavy atom. The molecule has 1 aliphatic carbocycles. The van der Waals surface area contributed by atoms with Gasteiger partial charge in [0.1, 0.15) is 0 Å². The number of rotatable bonds is 6. The molecule has 2 saturated heterocycles. The summed E-state index contributed by atoms with van der Waals surface area (Å²) in [5, 5.41) is 12.4. The molecular formula is C38H41F4N7. The number of aromatic amines is 1. The average molecular weight is 672 g/mol. The number of nitrogens with one attached hydrogen (secondary N) is 1. The van der Waals surface area contributed by atoms with Crippen LogP contribution in [-0.2, 0) is 13.5 Å². The summed E-state index contributed by atoms with van der Waals surface area (Å²) in [6, 6.07) is 18.1. The third kappa shape index (κ3) is 6.40. The number of benzene rings is 3. The van der Waals surface area contributed by atoms with Crippen LogP contribution in [0.1, 0.15) is 48.8 Å². The summed E-state index contributed by atoms with van der Waals surface area (Å²) in [5.41, 5.74) is 7.09. The van der Waals surface area contributed by atoms with E-state index in [0.29, 0.717) is 52.8 Å². The van der Waals surface area contributed by atoms with Crippen LogP contribution in [0.4, 0.5) is 28.9 Å². The first-order chi connectivity index (χ1) is 23.7. The maximum absolute atomic E-state index is 14.8. The summed E-state index contributed by atoms with van der Waals surface area (Å²) in [4.78, 5) is 7.47. The number of alkyl halides is 3. The van der Waals surface area contributed by atoms with Crippen LogP contribution < -0.4 is 9.80 Å². The first kappa shape index (κ1) is 31.9. The van der Waals surface area contributed by atoms with Crippen molar-refractivity contribution in [3.8, 4) is 0 Å². The fourth-order valence-electron chi connectivity index (χ4n) is 8.30. The first-order valence-electron chi connectivity index (χ1n) is 17.4. The average Bonchev–Trinajstić information content (AvgIpc) is 3.61. The molecular weight excluding hydrogens is 630 g/mol. The molecule has 7 nitrogen and oxygen atoms in total. The maximum atomic E-state index is 14.8. The second-order valence-electron chi connectivity index (χ2n) is 13.9. The van der Waals surface area contributed by atoms with E-state index < -0.39 is 18.5 Å². The van der Waals surface area contributed by atoms with Crippen LogP contribution in [0, 0.1) is 11.9 Å². The van der Waals surface area contributed by atoms with Gasteiger partial charge in [-0.05, 0) is 96.7 Å². The molecule has 2 aromatic heterocycles. The zero-order valence-corrected chi connectivity index (χ0v) is 27.7. The normalized spacial score (nSPS) is 18.5. The molecule has 0 spiro atoms. The second-order valence-corrected chi connectivity index (χ2v) is 13.9. The van der Waals surface area contributed by atoms with E-state index in [9.17, 15) is 17.6 Å². The fraction of sp³-hybridized carbons (Fsp3) is 0.421. The highest BCUT2D eigenvalue weighted by Crippen LogP contribution is 2.42. The highest BCUT2D eigenvalue weighted by atomic mass is 19.4. The van der Waals surface area contributed by atoms with Crippen LogP contribution in [0.5, 0.6) is 0 Å². The Bertz CT molecular complexity index is 1990. The highest BCUT2D eigenvalue weighted by Gasteiger charge is 2.33. The quantitative estimate of drug-likeness (QED) is 0.188. The Labute approximate surface area is 283 Å². The van der Waals surface area contributed by atoms with Crippen molar-refractivity contribution in [3.63, 3.8) is 0 Å². The summed E-state index contributed by atoms with van der Waals surface area (Å²) in [7, 11) is 1.99. The van der Waals surface area contributed by atoms with Gasteiger partial charge in [0.15, 0.2) is 0 Å². The van der Waals surface area contributed by atoms with E-state index >= 15 is 0 Å². The topological polar surface area (TPSA) is 56.2 Å². The number of allylic oxidation sites excluding steroid dienone is 1. The second kappa shape index (κ2) is 12.8. The lowest BCUT2D eigenvalue weighted by atomic mass is 9.88. The number of aryl methyl sites for hydroxylation is 2. The highest BCUT2D eigenvalue weighted by molar-refractivity contribution is 5.93. The van der Waals surface area contributed by atoms with Gasteiger partial charge < -0.3 is 9.80 Å². The number of anilines is 2. The molecule has 4 heterocycles. The van der Waals surface area contributed by atoms with E-state index in [4.69, 9.17) is 0 Å². The van der Waals surface area contributed by atoms with Crippen molar-refractivity contribution in [2.75, 3.05) is 55.6 Å². The molecule has 0 atom stereocenters. The minimum atomic E-state index is -4.33. The number of fused-ring (bicyclic) bond motifs is 4. The number of hydrogen-bond donors (Lipinski definition) is 1. The van der Waals surface area contributed by atoms with Gasteiger partial charge in [-0.1, -0.05) is 23.8 Å². The van der Waals surface area contributed by atoms with Gasteiger partial charge in [-0.15, -0.1) is 0 Å². The number of piperidine rings is 1. The van der Waals surface area contributed by atoms with E-state index in [-0.39, 0.29) is 0 Å². The molecule has 11 heteroatoms. The van der Waals surface area contributed by atoms with Gasteiger partial charge >= 0.3 is 6.18 Å². The number of halogens is 4. The van der Waals surface area contributed by atoms with E-state index in [0.717, 1.165) is 81.0 Å². The molecule has 49 heavy (non-hydrogen) atoms. The minimum Gasteiger partial charge on any atom is -0.372 e. The number of aromatic nitrogens is 4. The third-order valence-corrected chi connectivity index (χ3v) is 10.8. The lowest BCUT2D eigenvalue weighted by molar-refractivity contribution is -0.127. The van der Waals surface area contributed by atoms with Crippen molar-refractivity contribution >= 4 is 38.8 Å². The molecule has 0 unspecified atom stereocenters. The Hall–Kier alpha value is -4.38. The number of nitrogens with zero attached hydrogens (tertiary/aromatic N) is 6. The monoisotopic (exact) mass is 671 g/mol. The largest absolute Gasteiger partial charge is 0.392 e. The van der Waals surface area contributed by atoms with Crippen LogP contribution in [0.2, 0.25) is 0 Å². The zero-order chi connectivity index (χ0) is 33.7. The molecule has 8 rings (SSSR count). The first-order valence-corrected chi connectivity index (χ1v) is 17.4. The van der Waals surface area contributed by atoms with Crippen LogP contribution in [-0.4, -0.2) is 76.9 Å². The standard InChI is InChI=1S/C38H41F4N7/c1-46-34-21-30(10-7-28(34)23-43-46)49-19-17-47(18-20-49)24-25-13-15-48(16-14-25)29-8-5-26(6-9-29)35-27(22-38(40,41)42)3-2-4-31-32(35)11-12-33-36(31)37(39)45-44-33/h5-12,21,23,25H,2-4,13-20,22,24H2,1H3,(H,44,45). The van der Waals surface area contributed by atoms with Crippen molar-refractivity contribution in [1.82, 2.24) is 24.9 Å². The molecule has 0 saturated carbocycles. The Morgan fingerprint density at radius 1 is 0.857 bits per heavy atom. The van der Waals surface area contributed by atoms with Gasteiger partial charge in [-0.2, -0.15) is 27.8 Å². The summed E-state index contributed by atoms with van der Waals surface area (Å²) in [5.74, 6) is 0.107. The molecule has 2 aliphatic heterocycles. The molecule has 3 aromatic carbocycles. The zero-order valence-electron chi connectivity index (χ0n) is 27.7. The van der Waals surface area contributed by atoms with Crippen LogP contribution in [0.25, 0.3) is 27.4 Å². The van der Waals surface area contributed by atoms with Crippen molar-refractivity contribution in [1.29, 1.82) is 0 Å². The maximum Gasteiger partial charge on any atom is 0.392 e. The molecule has 0 bridgehead atoms. The minimum absolute atomic E-state index is 0.315. The SMILES string of the molecule is Cn1ncc2ccc(N3CCN(CC4CCN(c5ccc(C6=C(CC(F)(F)F)CCCc7c6ccc6n[nH]c(F)c76)cc5)CC4)CC3)cc21. The van der Waals surface area contributed by atoms with Gasteiger partial charge in [-0.3, -0.25) is 14.7 Å². The van der Waals surface area contributed by atoms with Crippen molar-refractivity contribution in [2.45, 2.75) is 44.7 Å². The molecule has 2 fully saturated rings. The Kier molecular flexibility index (Phi) is 8.34. The molecule has 5 aromatic rings. The Balaban J connectivity index is 0.923. The van der Waals surface area contributed by atoms with Gasteiger partial charge in [0.05, 0.1) is 29.0 Å². The van der Waals surface area contributed by atoms with Crippen LogP contribution in [0.3, 0.4) is 0 Å². The van der Waals surface area contributed by atoms with Crippen molar-refractivity contribution in [3.05, 3.63) is 89.0 Å². The Morgan fingerprint density at radius 3 is 2.35 bits per heavy atom. The van der Waals surface area contributed by atoms with Crippen molar-refractivity contribution < 1.29 is 17.6 Å². The van der Waals surface area contributed by atoms with Crippen molar-refractivity contribution in [2.24, 2.45) is 13.0 Å². The summed E-state index contributed by atoms with van der Waals surface area (Å²) in [6.07, 6.45) is 0.166. The molecule has 256 valence electrons. The third-order valence-electron chi connectivity index (χ3n) is 10.8. The van der Waals surface area contributed by atoms with Crippen LogP contribution >= 0.6 is 0 Å². The number of H-pyrrole nitrogens is 1. The molecule has 0 radical (unpaired) electrons. The van der Waals surface area contributed by atoms with E-state index in [2.05, 4.69) is 48.2 Å². The summed E-state index contributed by atoms with van der Waals surface area (Å²) in [6.45, 7) is 7.17. The fourth-order valence-corrected chi connectivity index (χ4v) is 8.30. The van der Waals surface area contributed by atoms with E-state index in [1.54, 1.807) is 6.07 Å². The molecule has 3 aliphatic rings. The predicted octanol–water partition coefficient (Wildman–Crippen LogP) is 7.72. The van der Waals surface area contributed by atoms with Gasteiger partial charge in [-0.25, -0.2) is 0 Å². The van der Waals surface area contributed by atoms with Crippen LogP contribution in [0.15, 0.2) is 66.4 Å². The lowest BCUT2D eigenvalue weighted by Crippen LogP contribution is -2.49. The van der Waals surface area contributed by atoms with Gasteiger partial charge in [0, 0.05) is 69.6 Å². The predicted molar refractivity (Wildman–Crippen MR) is 186 cm³/mol. The van der Waals surface area contributed by atoms with E-state index in [1.807, 2.05) is 48.3 Å². The van der Waals surface area contributed by atoms with Gasteiger partial charge in [0.25, 0.3) is 0 Å². The number of hydrogen-bond acceptors (Lipinski definition) is 5. The molecule has 1 N–H and O–H groups in total. The van der Waals surface area contributed by atoms with E-state index in [1.165, 1.54) is 11.1 Å². The smallest absolute Gasteiger partial charge is 0.372 e. The summed E-state index contributed by atoms with van der Waals surface area (Å²) < 4.78 is 58.1. The van der Waals surface area contributed by atoms with Gasteiger partial charge in [0.2, 0.25) is 5.95 Å². The number of piperazine rings is 1.